The quantitative estimate of drug-likeness (QED) is 0.849. The summed E-state index contributed by atoms with van der Waals surface area (Å²) in [5.41, 5.74) is 2.21. The van der Waals surface area contributed by atoms with E-state index in [2.05, 4.69) is 21.2 Å². The first-order valence-corrected chi connectivity index (χ1v) is 9.27. The Bertz CT molecular complexity index is 792. The van der Waals surface area contributed by atoms with Gasteiger partial charge in [-0.1, -0.05) is 29.8 Å². The maximum Gasteiger partial charge on any atom is 0.412 e. The Morgan fingerprint density at radius 1 is 1.11 bits per heavy atom. The summed E-state index contributed by atoms with van der Waals surface area (Å²) in [6.45, 7) is 4.57. The number of hydrogen-bond acceptors (Lipinski definition) is 5. The molecule has 0 saturated carbocycles. The molecule has 2 aromatic rings. The Morgan fingerprint density at radius 2 is 1.85 bits per heavy atom. The lowest BCUT2D eigenvalue weighted by Gasteiger charge is -2.36. The van der Waals surface area contributed by atoms with Gasteiger partial charge in [-0.3, -0.25) is 4.90 Å². The van der Waals surface area contributed by atoms with Gasteiger partial charge in [0.05, 0.1) is 17.8 Å². The molecule has 1 aliphatic heterocycles. The molecule has 1 N–H and O–H groups in total. The predicted octanol–water partition coefficient (Wildman–Crippen LogP) is 3.39. The molecule has 2 aromatic carbocycles. The highest BCUT2D eigenvalue weighted by molar-refractivity contribution is 6.33. The second-order valence-corrected chi connectivity index (χ2v) is 6.75. The van der Waals surface area contributed by atoms with Crippen molar-refractivity contribution >= 4 is 23.4 Å². The SMILES string of the molecule is CNC(=O)Oc1ccc(CN2CCN(c3ccccc3Cl)CC2)cc1OC. The average molecular weight is 390 g/mol. The minimum Gasteiger partial charge on any atom is -0.493 e. The van der Waals surface area contributed by atoms with Gasteiger partial charge in [-0.05, 0) is 29.8 Å². The van der Waals surface area contributed by atoms with Gasteiger partial charge in [0.2, 0.25) is 0 Å². The second-order valence-electron chi connectivity index (χ2n) is 6.34. The largest absolute Gasteiger partial charge is 0.493 e. The van der Waals surface area contributed by atoms with Crippen LogP contribution in [0.4, 0.5) is 10.5 Å². The summed E-state index contributed by atoms with van der Waals surface area (Å²) in [6.07, 6.45) is -0.517. The molecule has 0 atom stereocenters. The predicted molar refractivity (Wildman–Crippen MR) is 107 cm³/mol. The van der Waals surface area contributed by atoms with Crippen molar-refractivity contribution in [2.24, 2.45) is 0 Å². The molecule has 1 saturated heterocycles. The fourth-order valence-corrected chi connectivity index (χ4v) is 3.41. The molecule has 6 nitrogen and oxygen atoms in total. The van der Waals surface area contributed by atoms with E-state index in [1.165, 1.54) is 7.05 Å². The van der Waals surface area contributed by atoms with Crippen molar-refractivity contribution in [1.82, 2.24) is 10.2 Å². The highest BCUT2D eigenvalue weighted by Crippen LogP contribution is 2.29. The van der Waals surface area contributed by atoms with E-state index in [0.29, 0.717) is 11.5 Å². The van der Waals surface area contributed by atoms with Gasteiger partial charge < -0.3 is 19.7 Å². The van der Waals surface area contributed by atoms with Crippen LogP contribution in [-0.4, -0.2) is 51.3 Å². The lowest BCUT2D eigenvalue weighted by atomic mass is 10.1. The number of carbonyl (C=O) groups excluding carboxylic acids is 1. The summed E-state index contributed by atoms with van der Waals surface area (Å²) >= 11 is 6.31. The molecule has 1 amide bonds. The normalized spacial score (nSPS) is 14.7. The molecular formula is C20H24ClN3O3. The van der Waals surface area contributed by atoms with Gasteiger partial charge in [-0.2, -0.15) is 0 Å². The van der Waals surface area contributed by atoms with Gasteiger partial charge in [0.25, 0.3) is 0 Å². The summed E-state index contributed by atoms with van der Waals surface area (Å²) in [5.74, 6) is 0.954. The summed E-state index contributed by atoms with van der Waals surface area (Å²) in [6, 6.07) is 13.6. The maximum atomic E-state index is 11.4. The Morgan fingerprint density at radius 3 is 2.52 bits per heavy atom. The van der Waals surface area contributed by atoms with Crippen LogP contribution in [0.1, 0.15) is 5.56 Å². The number of hydrogen-bond donors (Lipinski definition) is 1. The highest BCUT2D eigenvalue weighted by Gasteiger charge is 2.19. The molecule has 0 aliphatic carbocycles. The van der Waals surface area contributed by atoms with Crippen LogP contribution in [0, 0.1) is 0 Å². The van der Waals surface area contributed by atoms with Crippen molar-refractivity contribution in [2.45, 2.75) is 6.54 Å². The molecule has 3 rings (SSSR count). The molecule has 0 aromatic heterocycles. The molecule has 1 heterocycles. The van der Waals surface area contributed by atoms with E-state index < -0.39 is 6.09 Å². The number of rotatable bonds is 5. The smallest absolute Gasteiger partial charge is 0.412 e. The van der Waals surface area contributed by atoms with Crippen LogP contribution < -0.4 is 19.7 Å². The number of methoxy groups -OCH3 is 1. The Hall–Kier alpha value is -2.44. The van der Waals surface area contributed by atoms with Crippen LogP contribution in [0.2, 0.25) is 5.02 Å². The third-order valence-electron chi connectivity index (χ3n) is 4.61. The topological polar surface area (TPSA) is 54.0 Å². The number of halogens is 1. The van der Waals surface area contributed by atoms with Gasteiger partial charge in [-0.25, -0.2) is 4.79 Å². The molecule has 0 radical (unpaired) electrons. The lowest BCUT2D eigenvalue weighted by molar-refractivity contribution is 0.200. The molecule has 144 valence electrons. The van der Waals surface area contributed by atoms with Crippen LogP contribution in [0.5, 0.6) is 11.5 Å². The summed E-state index contributed by atoms with van der Waals surface area (Å²) in [5, 5.41) is 3.22. The number of benzene rings is 2. The van der Waals surface area contributed by atoms with E-state index >= 15 is 0 Å². The van der Waals surface area contributed by atoms with Crippen LogP contribution in [0.25, 0.3) is 0 Å². The maximum absolute atomic E-state index is 11.4. The number of carbonyl (C=O) groups is 1. The number of amides is 1. The van der Waals surface area contributed by atoms with Gasteiger partial charge in [-0.15, -0.1) is 0 Å². The van der Waals surface area contributed by atoms with E-state index in [1.54, 1.807) is 13.2 Å². The number of nitrogens with one attached hydrogen (secondary N) is 1. The lowest BCUT2D eigenvalue weighted by Crippen LogP contribution is -2.46. The summed E-state index contributed by atoms with van der Waals surface area (Å²) in [7, 11) is 3.09. The summed E-state index contributed by atoms with van der Waals surface area (Å²) < 4.78 is 10.6. The third kappa shape index (κ3) is 4.84. The zero-order valence-corrected chi connectivity index (χ0v) is 16.3. The number of anilines is 1. The number of para-hydroxylation sites is 1. The van der Waals surface area contributed by atoms with Crippen LogP contribution in [0.3, 0.4) is 0 Å². The van der Waals surface area contributed by atoms with Gasteiger partial charge in [0.15, 0.2) is 11.5 Å². The van der Waals surface area contributed by atoms with Gasteiger partial charge in [0, 0.05) is 39.8 Å². The monoisotopic (exact) mass is 389 g/mol. The first-order valence-electron chi connectivity index (χ1n) is 8.89. The van der Waals surface area contributed by atoms with Gasteiger partial charge >= 0.3 is 6.09 Å². The number of piperazine rings is 1. The minimum absolute atomic E-state index is 0.407. The molecule has 1 aliphatic rings. The molecule has 0 unspecified atom stereocenters. The Balaban J connectivity index is 1.60. The van der Waals surface area contributed by atoms with Crippen molar-refractivity contribution in [3.8, 4) is 11.5 Å². The van der Waals surface area contributed by atoms with E-state index in [-0.39, 0.29) is 0 Å². The van der Waals surface area contributed by atoms with Crippen molar-refractivity contribution < 1.29 is 14.3 Å². The second kappa shape index (κ2) is 8.97. The van der Waals surface area contributed by atoms with Crippen LogP contribution in [0.15, 0.2) is 42.5 Å². The zero-order chi connectivity index (χ0) is 19.2. The van der Waals surface area contributed by atoms with Gasteiger partial charge in [0.1, 0.15) is 0 Å². The van der Waals surface area contributed by atoms with E-state index in [0.717, 1.165) is 49.0 Å². The van der Waals surface area contributed by atoms with Crippen molar-refractivity contribution in [2.75, 3.05) is 45.2 Å². The van der Waals surface area contributed by atoms with Crippen LogP contribution >= 0.6 is 11.6 Å². The summed E-state index contributed by atoms with van der Waals surface area (Å²) in [4.78, 5) is 16.1. The van der Waals surface area contributed by atoms with Crippen molar-refractivity contribution in [1.29, 1.82) is 0 Å². The van der Waals surface area contributed by atoms with E-state index in [9.17, 15) is 4.79 Å². The molecule has 0 spiro atoms. The number of ether oxygens (including phenoxy) is 2. The average Bonchev–Trinajstić information content (AvgIpc) is 2.70. The van der Waals surface area contributed by atoms with Crippen LogP contribution in [-0.2, 0) is 6.54 Å². The fraction of sp³-hybridized carbons (Fsp3) is 0.350. The standard InChI is InChI=1S/C20H24ClN3O3/c1-22-20(25)27-18-8-7-15(13-19(18)26-2)14-23-9-11-24(12-10-23)17-6-4-3-5-16(17)21/h3-8,13H,9-12,14H2,1-2H3,(H,22,25). The first-order chi connectivity index (χ1) is 13.1. The van der Waals surface area contributed by atoms with Crippen molar-refractivity contribution in [3.63, 3.8) is 0 Å². The Kier molecular flexibility index (Phi) is 6.42. The fourth-order valence-electron chi connectivity index (χ4n) is 3.16. The van der Waals surface area contributed by atoms with E-state index in [1.807, 2.05) is 30.3 Å². The van der Waals surface area contributed by atoms with Crippen molar-refractivity contribution in [3.05, 3.63) is 53.1 Å². The molecule has 1 fully saturated rings. The first kappa shape index (κ1) is 19.3. The Labute approximate surface area is 164 Å². The molecule has 7 heteroatoms. The molecule has 27 heavy (non-hydrogen) atoms. The third-order valence-corrected chi connectivity index (χ3v) is 4.93. The number of nitrogens with zero attached hydrogens (tertiary/aromatic N) is 2. The zero-order valence-electron chi connectivity index (χ0n) is 15.6. The molecule has 0 bridgehead atoms. The van der Waals surface area contributed by atoms with E-state index in [4.69, 9.17) is 21.1 Å². The highest BCUT2D eigenvalue weighted by atomic mass is 35.5. The molecular weight excluding hydrogens is 366 g/mol. The minimum atomic E-state index is -0.517.